The monoisotopic (exact) mass is 282 g/mol. The zero-order chi connectivity index (χ0) is 15.6. The van der Waals surface area contributed by atoms with E-state index in [-0.39, 0.29) is 0 Å². The lowest BCUT2D eigenvalue weighted by atomic mass is 9.94. The van der Waals surface area contributed by atoms with Crippen molar-refractivity contribution >= 4 is 11.4 Å². The number of hydrogen-bond acceptors (Lipinski definition) is 2. The second-order valence-electron chi connectivity index (χ2n) is 5.82. The molecule has 2 nitrogen and oxygen atoms in total. The van der Waals surface area contributed by atoms with Gasteiger partial charge in [-0.05, 0) is 78.6 Å². The molecule has 2 aromatic rings. The number of hydrogen-bond donors (Lipinski definition) is 2. The molecule has 0 saturated heterocycles. The highest BCUT2D eigenvalue weighted by Gasteiger charge is 2.07. The van der Waals surface area contributed by atoms with E-state index in [1.54, 1.807) is 0 Å². The smallest absolute Gasteiger partial charge is 0.0349 e. The first-order valence-electron chi connectivity index (χ1n) is 7.72. The summed E-state index contributed by atoms with van der Waals surface area (Å²) >= 11 is 0. The molecule has 0 heterocycles. The van der Waals surface area contributed by atoms with Gasteiger partial charge in [0.05, 0.1) is 0 Å². The molecule has 0 bridgehead atoms. The third kappa shape index (κ3) is 3.21. The normalized spacial score (nSPS) is 10.9. The minimum Gasteiger partial charge on any atom is -0.398 e. The van der Waals surface area contributed by atoms with Crippen LogP contribution in [-0.4, -0.2) is 0 Å². The Morgan fingerprint density at radius 2 is 1.10 bits per heavy atom. The summed E-state index contributed by atoms with van der Waals surface area (Å²) in [6.07, 6.45) is 2.91. The van der Waals surface area contributed by atoms with Gasteiger partial charge in [-0.15, -0.1) is 0 Å². The van der Waals surface area contributed by atoms with Crippen molar-refractivity contribution in [3.8, 4) is 0 Å². The first kappa shape index (κ1) is 15.4. The van der Waals surface area contributed by atoms with Crippen molar-refractivity contribution in [2.24, 2.45) is 0 Å². The summed E-state index contributed by atoms with van der Waals surface area (Å²) in [4.78, 5) is 0. The van der Waals surface area contributed by atoms with Crippen LogP contribution >= 0.6 is 0 Å². The van der Waals surface area contributed by atoms with E-state index in [1.807, 2.05) is 0 Å². The van der Waals surface area contributed by atoms with E-state index >= 15 is 0 Å². The van der Waals surface area contributed by atoms with Gasteiger partial charge in [-0.2, -0.15) is 0 Å². The molecule has 0 amide bonds. The standard InChI is InChI=1S/C19H26N2/c1-5-16-8-14(10-18(20)12(16)3)7-15-9-17(6-2)13(4)19(21)11-15/h8-11H,5-7,20-21H2,1-4H3. The summed E-state index contributed by atoms with van der Waals surface area (Å²) in [5, 5.41) is 0. The third-order valence-corrected chi connectivity index (χ3v) is 4.40. The predicted molar refractivity (Wildman–Crippen MR) is 92.7 cm³/mol. The van der Waals surface area contributed by atoms with Gasteiger partial charge in [-0.1, -0.05) is 26.0 Å². The summed E-state index contributed by atoms with van der Waals surface area (Å²) in [6.45, 7) is 8.53. The van der Waals surface area contributed by atoms with E-state index in [9.17, 15) is 0 Å². The highest BCUT2D eigenvalue weighted by atomic mass is 14.6. The van der Waals surface area contributed by atoms with Gasteiger partial charge < -0.3 is 11.5 Å². The molecule has 4 N–H and O–H groups in total. The lowest BCUT2D eigenvalue weighted by molar-refractivity contribution is 1.07. The Morgan fingerprint density at radius 1 is 0.714 bits per heavy atom. The Kier molecular flexibility index (Phi) is 4.56. The highest BCUT2D eigenvalue weighted by Crippen LogP contribution is 2.25. The SMILES string of the molecule is CCc1cc(Cc2cc(N)c(C)c(CC)c2)cc(N)c1C. The lowest BCUT2D eigenvalue weighted by Gasteiger charge is -2.13. The van der Waals surface area contributed by atoms with Gasteiger partial charge in [-0.25, -0.2) is 0 Å². The molecule has 21 heavy (non-hydrogen) atoms. The first-order valence-corrected chi connectivity index (χ1v) is 7.72. The molecule has 0 saturated carbocycles. The quantitative estimate of drug-likeness (QED) is 0.826. The number of nitrogen functional groups attached to an aromatic ring is 2. The van der Waals surface area contributed by atoms with Crippen molar-refractivity contribution in [2.45, 2.75) is 47.0 Å². The molecule has 2 heteroatoms. The van der Waals surface area contributed by atoms with Crippen molar-refractivity contribution in [1.82, 2.24) is 0 Å². The topological polar surface area (TPSA) is 52.0 Å². The van der Waals surface area contributed by atoms with Crippen LogP contribution in [-0.2, 0) is 19.3 Å². The highest BCUT2D eigenvalue weighted by molar-refractivity contribution is 5.56. The van der Waals surface area contributed by atoms with Crippen LogP contribution in [0.2, 0.25) is 0 Å². The van der Waals surface area contributed by atoms with Gasteiger partial charge in [0.25, 0.3) is 0 Å². The third-order valence-electron chi connectivity index (χ3n) is 4.40. The second-order valence-corrected chi connectivity index (χ2v) is 5.82. The van der Waals surface area contributed by atoms with Crippen LogP contribution in [0.15, 0.2) is 24.3 Å². The zero-order valence-corrected chi connectivity index (χ0v) is 13.6. The van der Waals surface area contributed by atoms with Crippen LogP contribution in [0.4, 0.5) is 11.4 Å². The summed E-state index contributed by atoms with van der Waals surface area (Å²) in [5.74, 6) is 0. The summed E-state index contributed by atoms with van der Waals surface area (Å²) in [5.41, 5.74) is 21.7. The van der Waals surface area contributed by atoms with Crippen LogP contribution in [0.25, 0.3) is 0 Å². The van der Waals surface area contributed by atoms with Crippen LogP contribution < -0.4 is 11.5 Å². The molecule has 0 aromatic heterocycles. The summed E-state index contributed by atoms with van der Waals surface area (Å²) < 4.78 is 0. The summed E-state index contributed by atoms with van der Waals surface area (Å²) in [6, 6.07) is 8.73. The molecule has 2 rings (SSSR count). The minimum absolute atomic E-state index is 0.884. The van der Waals surface area contributed by atoms with Crippen molar-refractivity contribution in [3.63, 3.8) is 0 Å². The molecular formula is C19H26N2. The van der Waals surface area contributed by atoms with E-state index in [0.717, 1.165) is 30.6 Å². The molecular weight excluding hydrogens is 256 g/mol. The van der Waals surface area contributed by atoms with Crippen LogP contribution in [0.3, 0.4) is 0 Å². The fraction of sp³-hybridized carbons (Fsp3) is 0.368. The van der Waals surface area contributed by atoms with Crippen LogP contribution in [0, 0.1) is 13.8 Å². The molecule has 0 fully saturated rings. The van der Waals surface area contributed by atoms with Crippen LogP contribution in [0.5, 0.6) is 0 Å². The first-order chi connectivity index (χ1) is 9.96. The maximum atomic E-state index is 6.14. The molecule has 0 radical (unpaired) electrons. The van der Waals surface area contributed by atoms with Gasteiger partial charge in [0.15, 0.2) is 0 Å². The number of aryl methyl sites for hydroxylation is 2. The fourth-order valence-electron chi connectivity index (χ4n) is 2.91. The van der Waals surface area contributed by atoms with Crippen molar-refractivity contribution in [1.29, 1.82) is 0 Å². The second kappa shape index (κ2) is 6.21. The predicted octanol–water partition coefficient (Wildman–Crippen LogP) is 4.18. The Morgan fingerprint density at radius 3 is 1.43 bits per heavy atom. The number of rotatable bonds is 4. The average molecular weight is 282 g/mol. The largest absolute Gasteiger partial charge is 0.398 e. The molecule has 0 unspecified atom stereocenters. The Balaban J connectivity index is 2.38. The lowest BCUT2D eigenvalue weighted by Crippen LogP contribution is -2.01. The molecule has 0 aliphatic carbocycles. The zero-order valence-electron chi connectivity index (χ0n) is 13.6. The fourth-order valence-corrected chi connectivity index (χ4v) is 2.91. The average Bonchev–Trinajstić information content (AvgIpc) is 2.46. The summed E-state index contributed by atoms with van der Waals surface area (Å²) in [7, 11) is 0. The molecule has 0 spiro atoms. The molecule has 2 aromatic carbocycles. The van der Waals surface area contributed by atoms with Gasteiger partial charge in [-0.3, -0.25) is 0 Å². The maximum Gasteiger partial charge on any atom is 0.0349 e. The Bertz CT molecular complexity index is 600. The molecule has 0 atom stereocenters. The van der Waals surface area contributed by atoms with Crippen molar-refractivity contribution in [2.75, 3.05) is 11.5 Å². The van der Waals surface area contributed by atoms with E-state index in [2.05, 4.69) is 52.0 Å². The number of nitrogens with two attached hydrogens (primary N) is 2. The van der Waals surface area contributed by atoms with E-state index < -0.39 is 0 Å². The van der Waals surface area contributed by atoms with Crippen LogP contribution in [0.1, 0.15) is 47.2 Å². The maximum absolute atomic E-state index is 6.14. The molecule has 0 aliphatic heterocycles. The van der Waals surface area contributed by atoms with Gasteiger partial charge in [0.1, 0.15) is 0 Å². The van der Waals surface area contributed by atoms with Gasteiger partial charge in [0, 0.05) is 11.4 Å². The molecule has 0 aliphatic rings. The Labute approximate surface area is 128 Å². The van der Waals surface area contributed by atoms with E-state index in [1.165, 1.54) is 33.4 Å². The van der Waals surface area contributed by atoms with Gasteiger partial charge in [0.2, 0.25) is 0 Å². The van der Waals surface area contributed by atoms with E-state index in [4.69, 9.17) is 11.5 Å². The minimum atomic E-state index is 0.884. The number of anilines is 2. The van der Waals surface area contributed by atoms with Gasteiger partial charge >= 0.3 is 0 Å². The molecule has 112 valence electrons. The van der Waals surface area contributed by atoms with Crippen molar-refractivity contribution < 1.29 is 0 Å². The Hall–Kier alpha value is -1.96. The van der Waals surface area contributed by atoms with Crippen molar-refractivity contribution in [3.05, 3.63) is 57.6 Å². The number of benzene rings is 2. The van der Waals surface area contributed by atoms with E-state index in [0.29, 0.717) is 0 Å².